The maximum absolute atomic E-state index is 2.30. The molecule has 0 N–H and O–H groups in total. The Balaban J connectivity index is 2.50. The molecule has 11 heavy (non-hydrogen) atoms. The summed E-state index contributed by atoms with van der Waals surface area (Å²) in [6.45, 7) is 2.21. The van der Waals surface area contributed by atoms with Crippen molar-refractivity contribution in [3.8, 4) is 0 Å². The summed E-state index contributed by atoms with van der Waals surface area (Å²) in [5.74, 6) is 0. The van der Waals surface area contributed by atoms with Gasteiger partial charge in [0.05, 0.1) is 5.03 Å². The van der Waals surface area contributed by atoms with E-state index in [-0.39, 0.29) is 0 Å². The fourth-order valence-electron chi connectivity index (χ4n) is 0.974. The minimum absolute atomic E-state index is 1.14. The number of hydrogen-bond donors (Lipinski definition) is 0. The van der Waals surface area contributed by atoms with E-state index in [4.69, 9.17) is 0 Å². The number of nitrogens with zero attached hydrogens (tertiary/aromatic N) is 1. The Bertz CT molecular complexity index is 192. The monoisotopic (exact) mass is 169 g/mol. The molecule has 1 aliphatic heterocycles. The van der Waals surface area contributed by atoms with Crippen molar-refractivity contribution in [2.24, 2.45) is 0 Å². The molecule has 62 valence electrons. The van der Waals surface area contributed by atoms with Crippen LogP contribution in [0.1, 0.15) is 19.8 Å². The van der Waals surface area contributed by atoms with Crippen molar-refractivity contribution < 1.29 is 0 Å². The van der Waals surface area contributed by atoms with Crippen LogP contribution in [0.25, 0.3) is 0 Å². The minimum atomic E-state index is 1.14. The van der Waals surface area contributed by atoms with Crippen LogP contribution < -0.4 is 0 Å². The maximum Gasteiger partial charge on any atom is 0.0707 e. The first-order chi connectivity index (χ1) is 5.24. The summed E-state index contributed by atoms with van der Waals surface area (Å²) in [5, 5.41) is 3.64. The summed E-state index contributed by atoms with van der Waals surface area (Å²) < 4.78 is 0. The first-order valence-electron chi connectivity index (χ1n) is 3.96. The fourth-order valence-corrected chi connectivity index (χ4v) is 1.91. The second kappa shape index (κ2) is 3.86. The molecule has 0 aromatic rings. The van der Waals surface area contributed by atoms with Gasteiger partial charge in [0, 0.05) is 14.1 Å². The van der Waals surface area contributed by atoms with Crippen molar-refractivity contribution in [2.75, 3.05) is 14.1 Å². The summed E-state index contributed by atoms with van der Waals surface area (Å²) in [6, 6.07) is 0. The Labute approximate surface area is 73.2 Å². The zero-order valence-corrected chi connectivity index (χ0v) is 8.24. The molecule has 0 spiro atoms. The minimum Gasteiger partial charge on any atom is -0.372 e. The summed E-state index contributed by atoms with van der Waals surface area (Å²) in [4.78, 5) is 2.16. The lowest BCUT2D eigenvalue weighted by Gasteiger charge is -2.18. The highest BCUT2D eigenvalue weighted by Gasteiger charge is 2.05. The van der Waals surface area contributed by atoms with Crippen molar-refractivity contribution in [3.05, 3.63) is 22.1 Å². The molecule has 0 aromatic heterocycles. The second-order valence-corrected chi connectivity index (χ2v) is 3.78. The van der Waals surface area contributed by atoms with Crippen LogP contribution >= 0.6 is 11.8 Å². The molecule has 0 bridgehead atoms. The highest BCUT2D eigenvalue weighted by Crippen LogP contribution is 2.28. The molecular weight excluding hydrogens is 154 g/mol. The topological polar surface area (TPSA) is 3.24 Å². The van der Waals surface area contributed by atoms with Gasteiger partial charge in [-0.3, -0.25) is 0 Å². The molecule has 0 radical (unpaired) electrons. The van der Waals surface area contributed by atoms with Gasteiger partial charge in [0.15, 0.2) is 0 Å². The van der Waals surface area contributed by atoms with Crippen molar-refractivity contribution in [3.63, 3.8) is 0 Å². The van der Waals surface area contributed by atoms with Gasteiger partial charge in [-0.15, -0.1) is 0 Å². The van der Waals surface area contributed by atoms with Crippen LogP contribution in [0.3, 0.4) is 0 Å². The van der Waals surface area contributed by atoms with Crippen LogP contribution in [0.2, 0.25) is 0 Å². The van der Waals surface area contributed by atoms with E-state index in [1.54, 1.807) is 5.57 Å². The van der Waals surface area contributed by atoms with Crippen LogP contribution in [0.4, 0.5) is 0 Å². The third-order valence-electron chi connectivity index (χ3n) is 1.78. The third kappa shape index (κ3) is 2.29. The van der Waals surface area contributed by atoms with Crippen LogP contribution in [-0.2, 0) is 0 Å². The van der Waals surface area contributed by atoms with Gasteiger partial charge < -0.3 is 4.90 Å². The van der Waals surface area contributed by atoms with E-state index in [0.29, 0.717) is 0 Å². The molecular formula is C9H15NS. The molecule has 0 saturated heterocycles. The molecule has 1 rings (SSSR count). The largest absolute Gasteiger partial charge is 0.372 e. The Morgan fingerprint density at radius 3 is 2.64 bits per heavy atom. The number of allylic oxidation sites excluding steroid dienone is 2. The molecule has 0 amide bonds. The lowest BCUT2D eigenvalue weighted by Crippen LogP contribution is -2.09. The highest BCUT2D eigenvalue weighted by molar-refractivity contribution is 8.05. The van der Waals surface area contributed by atoms with E-state index in [1.807, 2.05) is 11.8 Å². The highest BCUT2D eigenvalue weighted by atomic mass is 32.2. The van der Waals surface area contributed by atoms with Crippen LogP contribution in [0.15, 0.2) is 22.1 Å². The normalized spacial score (nSPS) is 17.4. The second-order valence-electron chi connectivity index (χ2n) is 2.89. The molecule has 0 atom stereocenters. The quantitative estimate of drug-likeness (QED) is 0.625. The average Bonchev–Trinajstić information content (AvgIpc) is 2.05. The first kappa shape index (κ1) is 8.72. The Kier molecular flexibility index (Phi) is 3.06. The van der Waals surface area contributed by atoms with Crippen LogP contribution in [-0.4, -0.2) is 19.0 Å². The lowest BCUT2D eigenvalue weighted by molar-refractivity contribution is 0.547. The van der Waals surface area contributed by atoms with E-state index in [9.17, 15) is 0 Å². The van der Waals surface area contributed by atoms with E-state index in [0.717, 1.165) is 6.42 Å². The van der Waals surface area contributed by atoms with Crippen molar-refractivity contribution in [1.29, 1.82) is 0 Å². The summed E-state index contributed by atoms with van der Waals surface area (Å²) in [6.07, 6.45) is 4.62. The summed E-state index contributed by atoms with van der Waals surface area (Å²) >= 11 is 1.83. The Hall–Kier alpha value is -0.370. The molecule has 1 heterocycles. The summed E-state index contributed by atoms with van der Waals surface area (Å²) in [5.41, 5.74) is 1.54. The first-order valence-corrected chi connectivity index (χ1v) is 4.84. The number of thioether (sulfide) groups is 1. The molecule has 0 aliphatic carbocycles. The van der Waals surface area contributed by atoms with Gasteiger partial charge >= 0.3 is 0 Å². The SMILES string of the molecule is CCC1=CSC(N(C)C)=CC1. The van der Waals surface area contributed by atoms with Gasteiger partial charge in [-0.05, 0) is 24.3 Å². The molecule has 2 heteroatoms. The van der Waals surface area contributed by atoms with Gasteiger partial charge in [0.25, 0.3) is 0 Å². The van der Waals surface area contributed by atoms with E-state index in [2.05, 4.69) is 37.4 Å². The van der Waals surface area contributed by atoms with Gasteiger partial charge in [-0.25, -0.2) is 0 Å². The standard InChI is InChI=1S/C9H15NS/c1-4-8-5-6-9(10(2)3)11-7-8/h6-7H,4-5H2,1-3H3. The van der Waals surface area contributed by atoms with Gasteiger partial charge in [-0.1, -0.05) is 24.3 Å². The average molecular weight is 169 g/mol. The Morgan fingerprint density at radius 2 is 2.27 bits per heavy atom. The number of hydrogen-bond acceptors (Lipinski definition) is 2. The lowest BCUT2D eigenvalue weighted by atomic mass is 10.1. The third-order valence-corrected chi connectivity index (χ3v) is 3.00. The van der Waals surface area contributed by atoms with Crippen molar-refractivity contribution in [2.45, 2.75) is 19.8 Å². The van der Waals surface area contributed by atoms with E-state index in [1.165, 1.54) is 11.4 Å². The molecule has 1 aliphatic rings. The van der Waals surface area contributed by atoms with E-state index < -0.39 is 0 Å². The zero-order chi connectivity index (χ0) is 8.27. The Morgan fingerprint density at radius 1 is 1.55 bits per heavy atom. The molecule has 0 aromatic carbocycles. The summed E-state index contributed by atoms with van der Waals surface area (Å²) in [7, 11) is 4.17. The van der Waals surface area contributed by atoms with Crippen molar-refractivity contribution in [1.82, 2.24) is 4.90 Å². The molecule has 0 fully saturated rings. The van der Waals surface area contributed by atoms with Gasteiger partial charge in [0.1, 0.15) is 0 Å². The molecule has 0 unspecified atom stereocenters. The predicted molar refractivity (Wildman–Crippen MR) is 52.4 cm³/mol. The number of rotatable bonds is 2. The van der Waals surface area contributed by atoms with Crippen LogP contribution in [0.5, 0.6) is 0 Å². The smallest absolute Gasteiger partial charge is 0.0707 e. The molecule has 0 saturated carbocycles. The molecule has 1 nitrogen and oxygen atoms in total. The van der Waals surface area contributed by atoms with Crippen LogP contribution in [0, 0.1) is 0 Å². The van der Waals surface area contributed by atoms with E-state index >= 15 is 0 Å². The van der Waals surface area contributed by atoms with Gasteiger partial charge in [-0.2, -0.15) is 0 Å². The fraction of sp³-hybridized carbons (Fsp3) is 0.556. The van der Waals surface area contributed by atoms with Crippen molar-refractivity contribution >= 4 is 11.8 Å². The zero-order valence-electron chi connectivity index (χ0n) is 7.42. The van der Waals surface area contributed by atoms with Gasteiger partial charge in [0.2, 0.25) is 0 Å². The maximum atomic E-state index is 2.30. The predicted octanol–water partition coefficient (Wildman–Crippen LogP) is 2.82.